The summed E-state index contributed by atoms with van der Waals surface area (Å²) in [5.41, 5.74) is 2.18. The van der Waals surface area contributed by atoms with Crippen LogP contribution >= 0.6 is 15.9 Å². The normalized spacial score (nSPS) is 11.0. The quantitative estimate of drug-likeness (QED) is 0.400. The van der Waals surface area contributed by atoms with Crippen LogP contribution in [0.5, 0.6) is 0 Å². The summed E-state index contributed by atoms with van der Waals surface area (Å²) in [6.07, 6.45) is 2.82. The summed E-state index contributed by atoms with van der Waals surface area (Å²) in [7, 11) is 1.73. The number of aryl methyl sites for hydroxylation is 1. The molecule has 1 amide bonds. The monoisotopic (exact) mass is 480 g/mol. The minimum absolute atomic E-state index is 0.0503. The van der Waals surface area contributed by atoms with Gasteiger partial charge < -0.3 is 9.42 Å². The molecule has 0 atom stereocenters. The Hall–Kier alpha value is -3.26. The molecule has 0 spiro atoms. The highest BCUT2D eigenvalue weighted by atomic mass is 79.9. The summed E-state index contributed by atoms with van der Waals surface area (Å²) in [5.74, 6) is 0.626. The summed E-state index contributed by atoms with van der Waals surface area (Å²) in [6.45, 7) is 0.493. The van der Waals surface area contributed by atoms with Gasteiger partial charge in [-0.15, -0.1) is 0 Å². The number of likely N-dealkylation sites (N-methyl/N-ethyl adjacent to an activating group) is 1. The van der Waals surface area contributed by atoms with E-state index in [4.69, 9.17) is 4.52 Å². The first-order valence-electron chi connectivity index (χ1n) is 9.91. The van der Waals surface area contributed by atoms with E-state index in [9.17, 15) is 9.59 Å². The van der Waals surface area contributed by atoms with Gasteiger partial charge in [0.05, 0.1) is 17.2 Å². The first-order valence-corrected chi connectivity index (χ1v) is 10.7. The van der Waals surface area contributed by atoms with Crippen molar-refractivity contribution < 1.29 is 9.32 Å². The van der Waals surface area contributed by atoms with Crippen molar-refractivity contribution in [3.05, 3.63) is 81.5 Å². The van der Waals surface area contributed by atoms with Gasteiger partial charge in [0, 0.05) is 36.1 Å². The third-order valence-corrected chi connectivity index (χ3v) is 5.56. The number of fused-ring (bicyclic) bond motifs is 1. The molecular weight excluding hydrogens is 460 g/mol. The van der Waals surface area contributed by atoms with E-state index in [2.05, 4.69) is 26.1 Å². The number of aromatic nitrogens is 3. The second kappa shape index (κ2) is 9.26. The number of benzene rings is 2. The van der Waals surface area contributed by atoms with E-state index in [1.54, 1.807) is 24.1 Å². The van der Waals surface area contributed by atoms with Crippen LogP contribution < -0.4 is 5.56 Å². The molecule has 0 radical (unpaired) electrons. The predicted molar refractivity (Wildman–Crippen MR) is 122 cm³/mol. The number of rotatable bonds is 7. The van der Waals surface area contributed by atoms with Gasteiger partial charge in [0.2, 0.25) is 5.91 Å². The Morgan fingerprint density at radius 2 is 1.97 bits per heavy atom. The Morgan fingerprint density at radius 3 is 2.77 bits per heavy atom. The molecule has 2 heterocycles. The van der Waals surface area contributed by atoms with E-state index in [0.29, 0.717) is 23.9 Å². The van der Waals surface area contributed by atoms with Gasteiger partial charge in [-0.05, 0) is 24.6 Å². The molecule has 0 N–H and O–H groups in total. The number of halogens is 1. The summed E-state index contributed by atoms with van der Waals surface area (Å²) < 4.78 is 7.55. The fraction of sp³-hybridized carbons (Fsp3) is 0.217. The highest BCUT2D eigenvalue weighted by Crippen LogP contribution is 2.19. The van der Waals surface area contributed by atoms with Crippen molar-refractivity contribution in [1.82, 2.24) is 19.6 Å². The molecule has 2 aromatic carbocycles. The maximum Gasteiger partial charge on any atom is 0.261 e. The van der Waals surface area contributed by atoms with E-state index in [1.807, 2.05) is 42.5 Å². The average Bonchev–Trinajstić information content (AvgIpc) is 3.25. The van der Waals surface area contributed by atoms with Crippen LogP contribution in [0.2, 0.25) is 0 Å². The Bertz CT molecular complexity index is 1270. The first-order chi connectivity index (χ1) is 15.0. The van der Waals surface area contributed by atoms with Crippen LogP contribution in [-0.2, 0) is 17.8 Å². The van der Waals surface area contributed by atoms with E-state index in [-0.39, 0.29) is 18.0 Å². The van der Waals surface area contributed by atoms with Gasteiger partial charge in [0.1, 0.15) is 18.0 Å². The summed E-state index contributed by atoms with van der Waals surface area (Å²) in [6, 6.07) is 17.1. The zero-order valence-electron chi connectivity index (χ0n) is 17.0. The maximum absolute atomic E-state index is 12.7. The summed E-state index contributed by atoms with van der Waals surface area (Å²) in [4.78, 5) is 31.2. The average molecular weight is 481 g/mol. The van der Waals surface area contributed by atoms with Crippen molar-refractivity contribution in [2.75, 3.05) is 13.6 Å². The van der Waals surface area contributed by atoms with Crippen molar-refractivity contribution >= 4 is 32.7 Å². The van der Waals surface area contributed by atoms with E-state index in [0.717, 1.165) is 27.9 Å². The molecule has 0 bridgehead atoms. The minimum Gasteiger partial charge on any atom is -0.361 e. The Balaban J connectivity index is 1.33. The number of hydrogen-bond acceptors (Lipinski definition) is 5. The van der Waals surface area contributed by atoms with Gasteiger partial charge in [-0.25, -0.2) is 4.98 Å². The van der Waals surface area contributed by atoms with Crippen molar-refractivity contribution in [3.8, 4) is 11.3 Å². The Morgan fingerprint density at radius 1 is 1.16 bits per heavy atom. The molecule has 4 rings (SSSR count). The largest absolute Gasteiger partial charge is 0.361 e. The highest BCUT2D eigenvalue weighted by Gasteiger charge is 2.13. The molecule has 2 aromatic heterocycles. The van der Waals surface area contributed by atoms with Crippen LogP contribution in [0.25, 0.3) is 22.2 Å². The number of carbonyl (C=O) groups excluding carboxylic acids is 1. The molecule has 0 fully saturated rings. The Labute approximate surface area is 187 Å². The van der Waals surface area contributed by atoms with Gasteiger partial charge >= 0.3 is 0 Å². The van der Waals surface area contributed by atoms with Crippen molar-refractivity contribution in [3.63, 3.8) is 0 Å². The van der Waals surface area contributed by atoms with E-state index >= 15 is 0 Å². The molecule has 0 aliphatic carbocycles. The molecule has 4 aromatic rings. The molecule has 8 heteroatoms. The van der Waals surface area contributed by atoms with Crippen LogP contribution in [0.1, 0.15) is 12.2 Å². The lowest BCUT2D eigenvalue weighted by molar-refractivity contribution is -0.130. The van der Waals surface area contributed by atoms with Crippen LogP contribution in [-0.4, -0.2) is 39.1 Å². The summed E-state index contributed by atoms with van der Waals surface area (Å²) in [5, 5.41) is 4.59. The third kappa shape index (κ3) is 4.91. The number of hydrogen-bond donors (Lipinski definition) is 0. The molecule has 158 valence electrons. The predicted octanol–water partition coefficient (Wildman–Crippen LogP) is 3.91. The van der Waals surface area contributed by atoms with Crippen molar-refractivity contribution in [2.45, 2.75) is 19.4 Å². The maximum atomic E-state index is 12.7. The number of amides is 1. The van der Waals surface area contributed by atoms with Gasteiger partial charge in [0.25, 0.3) is 5.56 Å². The molecule has 0 unspecified atom stereocenters. The molecular formula is C23H21BrN4O3. The van der Waals surface area contributed by atoms with Crippen molar-refractivity contribution in [1.29, 1.82) is 0 Å². The van der Waals surface area contributed by atoms with Crippen LogP contribution in [0.3, 0.4) is 0 Å². The zero-order chi connectivity index (χ0) is 21.8. The van der Waals surface area contributed by atoms with Crippen LogP contribution in [0.4, 0.5) is 0 Å². The molecule has 0 saturated carbocycles. The van der Waals surface area contributed by atoms with Crippen LogP contribution in [0, 0.1) is 0 Å². The molecule has 7 nitrogen and oxygen atoms in total. The van der Waals surface area contributed by atoms with E-state index in [1.165, 1.54) is 10.9 Å². The Kier molecular flexibility index (Phi) is 6.27. The fourth-order valence-corrected chi connectivity index (χ4v) is 3.66. The minimum atomic E-state index is -0.233. The number of carbonyl (C=O) groups is 1. The molecule has 0 saturated heterocycles. The lowest BCUT2D eigenvalue weighted by Gasteiger charge is -2.17. The lowest BCUT2D eigenvalue weighted by atomic mass is 10.1. The topological polar surface area (TPSA) is 81.2 Å². The van der Waals surface area contributed by atoms with Crippen LogP contribution in [0.15, 0.2) is 74.7 Å². The second-order valence-electron chi connectivity index (χ2n) is 7.30. The molecule has 0 aliphatic rings. The first kappa shape index (κ1) is 21.0. The van der Waals surface area contributed by atoms with Gasteiger partial charge in [-0.2, -0.15) is 0 Å². The smallest absolute Gasteiger partial charge is 0.261 e. The molecule has 0 aliphatic heterocycles. The SMILES string of the molecule is CN(CCCc1cc(-c2ccccc2)no1)C(=O)Cn1cnc2ccc(Br)cc2c1=O. The van der Waals surface area contributed by atoms with Gasteiger partial charge in [-0.3, -0.25) is 14.2 Å². The standard InChI is InChI=1S/C23H21BrN4O3/c1-27(11-5-8-18-13-21(26-31-18)16-6-3-2-4-7-16)22(29)14-28-15-25-20-10-9-17(24)12-19(20)23(28)30/h2-4,6-7,9-10,12-13,15H,5,8,11,14H2,1H3. The fourth-order valence-electron chi connectivity index (χ4n) is 3.30. The van der Waals surface area contributed by atoms with Gasteiger partial charge in [0.15, 0.2) is 0 Å². The van der Waals surface area contributed by atoms with Gasteiger partial charge in [-0.1, -0.05) is 51.4 Å². The highest BCUT2D eigenvalue weighted by molar-refractivity contribution is 9.10. The second-order valence-corrected chi connectivity index (χ2v) is 8.22. The molecule has 31 heavy (non-hydrogen) atoms. The lowest BCUT2D eigenvalue weighted by Crippen LogP contribution is -2.34. The third-order valence-electron chi connectivity index (χ3n) is 5.06. The van der Waals surface area contributed by atoms with E-state index < -0.39 is 0 Å². The zero-order valence-corrected chi connectivity index (χ0v) is 18.6. The summed E-state index contributed by atoms with van der Waals surface area (Å²) >= 11 is 3.36. The van der Waals surface area contributed by atoms with Crippen molar-refractivity contribution in [2.24, 2.45) is 0 Å². The number of nitrogens with zero attached hydrogens (tertiary/aromatic N) is 4.